The molecule has 0 atom stereocenters. The molecule has 0 radical (unpaired) electrons. The van der Waals surface area contributed by atoms with Gasteiger partial charge in [0.05, 0.1) is 0 Å². The molecule has 0 spiro atoms. The number of nitrogens with one attached hydrogen (secondary N) is 1. The molecule has 1 aromatic rings. The van der Waals surface area contributed by atoms with Gasteiger partial charge in [0.15, 0.2) is 0 Å². The fourth-order valence-electron chi connectivity index (χ4n) is 1.82. The molecule has 0 aliphatic rings. The van der Waals surface area contributed by atoms with Gasteiger partial charge in [0, 0.05) is 17.8 Å². The average molecular weight is 298 g/mol. The Kier molecular flexibility index (Phi) is 6.27. The lowest BCUT2D eigenvalue weighted by Crippen LogP contribution is -2.29. The third-order valence-electron chi connectivity index (χ3n) is 2.97. The van der Waals surface area contributed by atoms with E-state index in [4.69, 9.17) is 0 Å². The van der Waals surface area contributed by atoms with Gasteiger partial charge in [-0.05, 0) is 24.0 Å². The monoisotopic (exact) mass is 297 g/mol. The maximum atomic E-state index is 11.8. The summed E-state index contributed by atoms with van der Waals surface area (Å²) in [4.78, 5) is 11.8. The van der Waals surface area contributed by atoms with Crippen LogP contribution in [0.3, 0.4) is 0 Å². The maximum absolute atomic E-state index is 11.8. The summed E-state index contributed by atoms with van der Waals surface area (Å²) >= 11 is 3.43. The highest BCUT2D eigenvalue weighted by atomic mass is 79.9. The third-order valence-corrected chi connectivity index (χ3v) is 3.62. The van der Waals surface area contributed by atoms with Crippen molar-refractivity contribution in [1.29, 1.82) is 0 Å². The Morgan fingerprint density at radius 3 is 2.53 bits per heavy atom. The largest absolute Gasteiger partial charge is 0.352 e. The Bertz CT molecular complexity index is 361. The van der Waals surface area contributed by atoms with E-state index in [2.05, 4.69) is 47.2 Å². The number of rotatable bonds is 6. The van der Waals surface area contributed by atoms with Gasteiger partial charge in [0.25, 0.3) is 0 Å². The van der Waals surface area contributed by atoms with E-state index in [9.17, 15) is 4.79 Å². The summed E-state index contributed by atoms with van der Waals surface area (Å²) in [6.45, 7) is 4.73. The molecular formula is C14H20BrNO. The van der Waals surface area contributed by atoms with Crippen LogP contribution in [0.1, 0.15) is 37.8 Å². The van der Waals surface area contributed by atoms with E-state index in [1.807, 2.05) is 12.1 Å². The molecule has 0 unspecified atom stereocenters. The minimum atomic E-state index is 0.148. The van der Waals surface area contributed by atoms with Gasteiger partial charge < -0.3 is 5.32 Å². The fourth-order valence-corrected chi connectivity index (χ4v) is 2.16. The van der Waals surface area contributed by atoms with Crippen molar-refractivity contribution in [1.82, 2.24) is 5.32 Å². The van der Waals surface area contributed by atoms with Crippen molar-refractivity contribution in [3.63, 3.8) is 0 Å². The summed E-state index contributed by atoms with van der Waals surface area (Å²) in [6, 6.07) is 8.25. The van der Waals surface area contributed by atoms with Crippen LogP contribution in [-0.2, 0) is 16.7 Å². The second kappa shape index (κ2) is 7.49. The molecule has 0 aliphatic heterocycles. The second-order valence-electron chi connectivity index (χ2n) is 4.18. The Morgan fingerprint density at radius 2 is 1.94 bits per heavy atom. The van der Waals surface area contributed by atoms with Crippen molar-refractivity contribution < 1.29 is 4.79 Å². The first kappa shape index (κ1) is 14.2. The lowest BCUT2D eigenvalue weighted by Gasteiger charge is -2.13. The summed E-state index contributed by atoms with van der Waals surface area (Å²) in [6.07, 6.45) is 1.81. The summed E-state index contributed by atoms with van der Waals surface area (Å²) in [7, 11) is 0. The first-order chi connectivity index (χ1) is 8.21. The predicted molar refractivity (Wildman–Crippen MR) is 75.0 cm³/mol. The predicted octanol–water partition coefficient (Wildman–Crippen LogP) is 3.63. The smallest absolute Gasteiger partial charge is 0.223 e. The van der Waals surface area contributed by atoms with Crippen LogP contribution < -0.4 is 5.32 Å². The Morgan fingerprint density at radius 1 is 1.29 bits per heavy atom. The van der Waals surface area contributed by atoms with Crippen LogP contribution in [0, 0.1) is 5.92 Å². The van der Waals surface area contributed by atoms with E-state index in [1.165, 1.54) is 5.56 Å². The van der Waals surface area contributed by atoms with Crippen LogP contribution in [0.4, 0.5) is 0 Å². The highest BCUT2D eigenvalue weighted by Crippen LogP contribution is 2.10. The lowest BCUT2D eigenvalue weighted by atomic mass is 10.0. The molecule has 2 nitrogen and oxygen atoms in total. The normalized spacial score (nSPS) is 10.6. The molecule has 0 bridgehead atoms. The molecule has 1 rings (SSSR count). The molecule has 3 heteroatoms. The van der Waals surface area contributed by atoms with Gasteiger partial charge in [-0.2, -0.15) is 0 Å². The molecule has 0 fully saturated rings. The average Bonchev–Trinajstić information content (AvgIpc) is 2.38. The van der Waals surface area contributed by atoms with Gasteiger partial charge >= 0.3 is 0 Å². The van der Waals surface area contributed by atoms with Crippen LogP contribution in [-0.4, -0.2) is 5.91 Å². The van der Waals surface area contributed by atoms with E-state index in [-0.39, 0.29) is 11.8 Å². The number of benzene rings is 1. The standard InChI is InChI=1S/C14H20BrNO/c1-3-13(4-2)14(17)16-10-12-7-5-6-11(8-12)9-15/h5-8,13H,3-4,9-10H2,1-2H3,(H,16,17). The zero-order valence-electron chi connectivity index (χ0n) is 10.5. The van der Waals surface area contributed by atoms with Crippen molar-refractivity contribution in [3.05, 3.63) is 35.4 Å². The Balaban J connectivity index is 2.52. The molecule has 17 heavy (non-hydrogen) atoms. The van der Waals surface area contributed by atoms with Crippen LogP contribution in [0.2, 0.25) is 0 Å². The highest BCUT2D eigenvalue weighted by Gasteiger charge is 2.13. The van der Waals surface area contributed by atoms with Gasteiger partial charge in [-0.15, -0.1) is 0 Å². The molecule has 94 valence electrons. The van der Waals surface area contributed by atoms with E-state index < -0.39 is 0 Å². The summed E-state index contributed by atoms with van der Waals surface area (Å²) in [5.74, 6) is 0.314. The topological polar surface area (TPSA) is 29.1 Å². The van der Waals surface area contributed by atoms with Crippen molar-refractivity contribution in [2.45, 2.75) is 38.6 Å². The lowest BCUT2D eigenvalue weighted by molar-refractivity contribution is -0.125. The van der Waals surface area contributed by atoms with Gasteiger partial charge in [-0.3, -0.25) is 4.79 Å². The van der Waals surface area contributed by atoms with Gasteiger partial charge in [-0.25, -0.2) is 0 Å². The fraction of sp³-hybridized carbons (Fsp3) is 0.500. The summed E-state index contributed by atoms with van der Waals surface area (Å²) < 4.78 is 0. The molecule has 1 aromatic carbocycles. The SMILES string of the molecule is CCC(CC)C(=O)NCc1cccc(CBr)c1. The molecule has 0 aromatic heterocycles. The summed E-state index contributed by atoms with van der Waals surface area (Å²) in [5, 5.41) is 3.85. The van der Waals surface area contributed by atoms with Gasteiger partial charge in [0.2, 0.25) is 5.91 Å². The number of hydrogen-bond donors (Lipinski definition) is 1. The molecule has 0 heterocycles. The number of amides is 1. The molecule has 0 saturated carbocycles. The van der Waals surface area contributed by atoms with E-state index >= 15 is 0 Å². The zero-order chi connectivity index (χ0) is 12.7. The van der Waals surface area contributed by atoms with Gasteiger partial charge in [0.1, 0.15) is 0 Å². The zero-order valence-corrected chi connectivity index (χ0v) is 12.1. The Labute approximate surface area is 112 Å². The summed E-state index contributed by atoms with van der Waals surface area (Å²) in [5.41, 5.74) is 2.39. The molecule has 0 saturated heterocycles. The van der Waals surface area contributed by atoms with E-state index in [1.54, 1.807) is 0 Å². The quantitative estimate of drug-likeness (QED) is 0.798. The number of carbonyl (C=O) groups excluding carboxylic acids is 1. The molecule has 1 amide bonds. The van der Waals surface area contributed by atoms with Crippen LogP contribution >= 0.6 is 15.9 Å². The van der Waals surface area contributed by atoms with Crippen molar-refractivity contribution in [3.8, 4) is 0 Å². The third kappa shape index (κ3) is 4.50. The molecular weight excluding hydrogens is 278 g/mol. The van der Waals surface area contributed by atoms with Crippen LogP contribution in [0.25, 0.3) is 0 Å². The highest BCUT2D eigenvalue weighted by molar-refractivity contribution is 9.08. The number of halogens is 1. The molecule has 0 aliphatic carbocycles. The minimum absolute atomic E-state index is 0.148. The van der Waals surface area contributed by atoms with E-state index in [0.717, 1.165) is 23.7 Å². The van der Waals surface area contributed by atoms with Crippen molar-refractivity contribution >= 4 is 21.8 Å². The first-order valence-electron chi connectivity index (χ1n) is 6.12. The number of alkyl halides is 1. The molecule has 1 N–H and O–H groups in total. The minimum Gasteiger partial charge on any atom is -0.352 e. The van der Waals surface area contributed by atoms with E-state index in [0.29, 0.717) is 6.54 Å². The van der Waals surface area contributed by atoms with Crippen molar-refractivity contribution in [2.75, 3.05) is 0 Å². The van der Waals surface area contributed by atoms with Crippen molar-refractivity contribution in [2.24, 2.45) is 5.92 Å². The first-order valence-corrected chi connectivity index (χ1v) is 7.24. The van der Waals surface area contributed by atoms with Crippen LogP contribution in [0.15, 0.2) is 24.3 Å². The number of carbonyl (C=O) groups is 1. The Hall–Kier alpha value is -0.830. The van der Waals surface area contributed by atoms with Gasteiger partial charge in [-0.1, -0.05) is 54.0 Å². The van der Waals surface area contributed by atoms with Crippen LogP contribution in [0.5, 0.6) is 0 Å². The maximum Gasteiger partial charge on any atom is 0.223 e. The second-order valence-corrected chi connectivity index (χ2v) is 4.75. The number of hydrogen-bond acceptors (Lipinski definition) is 1.